The normalized spacial score (nSPS) is 16.8. The number of methoxy groups -OCH3 is 2. The summed E-state index contributed by atoms with van der Waals surface area (Å²) in [4.78, 5) is 27.5. The monoisotopic (exact) mass is 488 g/mol. The predicted octanol–water partition coefficient (Wildman–Crippen LogP) is 6.07. The number of hydrogen-bond donors (Lipinski definition) is 0. The Kier molecular flexibility index (Phi) is 6.49. The quantitative estimate of drug-likeness (QED) is 0.234. The van der Waals surface area contributed by atoms with Crippen molar-refractivity contribution in [2.24, 2.45) is 11.3 Å². The Labute approximate surface area is 217 Å². The highest BCUT2D eigenvalue weighted by Crippen LogP contribution is 2.75. The molecule has 0 amide bonds. The second-order valence-electron chi connectivity index (χ2n) is 9.12. The van der Waals surface area contributed by atoms with Crippen molar-refractivity contribution < 1.29 is 19.1 Å². The molecule has 4 heteroatoms. The molecule has 4 aromatic rings. The van der Waals surface area contributed by atoms with E-state index in [0.29, 0.717) is 0 Å². The average Bonchev–Trinajstić information content (AvgIpc) is 3.61. The first-order valence-corrected chi connectivity index (χ1v) is 12.2. The highest BCUT2D eigenvalue weighted by atomic mass is 16.5. The maximum atomic E-state index is 13.8. The average molecular weight is 489 g/mol. The lowest BCUT2D eigenvalue weighted by Gasteiger charge is -2.23. The number of hydrogen-bond acceptors (Lipinski definition) is 4. The van der Waals surface area contributed by atoms with E-state index in [0.717, 1.165) is 27.8 Å². The van der Waals surface area contributed by atoms with E-state index in [-0.39, 0.29) is 0 Å². The molecular weight excluding hydrogens is 460 g/mol. The zero-order valence-corrected chi connectivity index (χ0v) is 20.8. The van der Waals surface area contributed by atoms with Gasteiger partial charge in [0, 0.05) is 5.92 Å². The first-order valence-electron chi connectivity index (χ1n) is 12.2. The maximum absolute atomic E-state index is 13.8. The number of carbonyl (C=O) groups excluding carboxylic acids is 2. The number of rotatable bonds is 7. The summed E-state index contributed by atoms with van der Waals surface area (Å²) in [6.45, 7) is 0. The lowest BCUT2D eigenvalue weighted by atomic mass is 9.79. The van der Waals surface area contributed by atoms with E-state index in [2.05, 4.69) is 6.08 Å². The molecule has 1 atom stereocenters. The van der Waals surface area contributed by atoms with E-state index in [1.807, 2.05) is 121 Å². The van der Waals surface area contributed by atoms with Crippen LogP contribution in [0.15, 0.2) is 127 Å². The lowest BCUT2D eigenvalue weighted by molar-refractivity contribution is -0.162. The fourth-order valence-corrected chi connectivity index (χ4v) is 5.88. The van der Waals surface area contributed by atoms with E-state index < -0.39 is 28.7 Å². The zero-order chi connectivity index (χ0) is 25.9. The number of allylic oxidation sites excluding steroid dienone is 1. The number of ether oxygens (including phenoxy) is 2. The van der Waals surface area contributed by atoms with Gasteiger partial charge in [-0.05, 0) is 27.8 Å². The van der Waals surface area contributed by atoms with Crippen LogP contribution in [-0.2, 0) is 24.5 Å². The van der Waals surface area contributed by atoms with Gasteiger partial charge in [0.1, 0.15) is 0 Å². The van der Waals surface area contributed by atoms with Crippen molar-refractivity contribution in [1.82, 2.24) is 0 Å². The minimum atomic E-state index is -1.60. The predicted molar refractivity (Wildman–Crippen MR) is 144 cm³/mol. The Hall–Kier alpha value is -4.44. The first kappa shape index (κ1) is 24.3. The SMILES string of the molecule is COC(=O)C1(C(=O)OC)C(C=C(c2ccccc2)c2ccccc2)C1(c1ccccc1)c1ccccc1. The summed E-state index contributed by atoms with van der Waals surface area (Å²) in [6, 6.07) is 39.4. The molecule has 0 heterocycles. The van der Waals surface area contributed by atoms with Crippen molar-refractivity contribution in [1.29, 1.82) is 0 Å². The summed E-state index contributed by atoms with van der Waals surface area (Å²) < 4.78 is 10.7. The van der Waals surface area contributed by atoms with Crippen molar-refractivity contribution in [3.8, 4) is 0 Å². The van der Waals surface area contributed by atoms with Gasteiger partial charge in [-0.15, -0.1) is 0 Å². The third-order valence-electron chi connectivity index (χ3n) is 7.45. The molecule has 0 radical (unpaired) electrons. The van der Waals surface area contributed by atoms with Crippen LogP contribution in [0.3, 0.4) is 0 Å². The van der Waals surface area contributed by atoms with Crippen molar-refractivity contribution in [2.45, 2.75) is 5.41 Å². The molecule has 4 aromatic carbocycles. The van der Waals surface area contributed by atoms with Crippen molar-refractivity contribution in [3.05, 3.63) is 150 Å². The van der Waals surface area contributed by atoms with Crippen molar-refractivity contribution in [2.75, 3.05) is 14.2 Å². The molecule has 0 bridgehead atoms. The number of carbonyl (C=O) groups is 2. The molecular formula is C33H28O4. The molecule has 5 rings (SSSR count). The van der Waals surface area contributed by atoms with Gasteiger partial charge in [-0.25, -0.2) is 0 Å². The van der Waals surface area contributed by atoms with Gasteiger partial charge in [0.15, 0.2) is 5.41 Å². The van der Waals surface area contributed by atoms with Gasteiger partial charge < -0.3 is 9.47 Å². The summed E-state index contributed by atoms with van der Waals surface area (Å²) in [5.74, 6) is -1.80. The van der Waals surface area contributed by atoms with Gasteiger partial charge in [0.2, 0.25) is 0 Å². The summed E-state index contributed by atoms with van der Waals surface area (Å²) in [6.07, 6.45) is 2.05. The van der Waals surface area contributed by atoms with Gasteiger partial charge in [-0.2, -0.15) is 0 Å². The fourth-order valence-electron chi connectivity index (χ4n) is 5.88. The van der Waals surface area contributed by atoms with Gasteiger partial charge in [-0.3, -0.25) is 9.59 Å². The highest BCUT2D eigenvalue weighted by Gasteiger charge is 2.86. The standard InChI is InChI=1S/C33H28O4/c1-36-30(34)33(31(35)37-2)29(23-28(24-15-7-3-8-16-24)25-17-9-4-10-18-25)32(33,26-19-11-5-12-20-26)27-21-13-6-14-22-27/h3-23,29H,1-2H3. The van der Waals surface area contributed by atoms with Crippen LogP contribution < -0.4 is 0 Å². The van der Waals surface area contributed by atoms with E-state index in [1.54, 1.807) is 0 Å². The Bertz CT molecular complexity index is 1310. The number of esters is 2. The molecule has 0 aliphatic heterocycles. The molecule has 1 saturated carbocycles. The van der Waals surface area contributed by atoms with Crippen LogP contribution in [0, 0.1) is 11.3 Å². The van der Waals surface area contributed by atoms with Gasteiger partial charge >= 0.3 is 11.9 Å². The molecule has 37 heavy (non-hydrogen) atoms. The fraction of sp³-hybridized carbons (Fsp3) is 0.152. The van der Waals surface area contributed by atoms with Crippen molar-refractivity contribution in [3.63, 3.8) is 0 Å². The van der Waals surface area contributed by atoms with E-state index >= 15 is 0 Å². The van der Waals surface area contributed by atoms with Crippen LogP contribution in [0.1, 0.15) is 22.3 Å². The van der Waals surface area contributed by atoms with Gasteiger partial charge in [-0.1, -0.05) is 127 Å². The zero-order valence-electron chi connectivity index (χ0n) is 20.8. The van der Waals surface area contributed by atoms with Crippen LogP contribution in [0.5, 0.6) is 0 Å². The molecule has 0 N–H and O–H groups in total. The third-order valence-corrected chi connectivity index (χ3v) is 7.45. The number of benzene rings is 4. The lowest BCUT2D eigenvalue weighted by Crippen LogP contribution is -2.37. The van der Waals surface area contributed by atoms with E-state index in [4.69, 9.17) is 9.47 Å². The third kappa shape index (κ3) is 3.68. The van der Waals surface area contributed by atoms with Crippen LogP contribution >= 0.6 is 0 Å². The Morgan fingerprint density at radius 2 is 0.946 bits per heavy atom. The minimum Gasteiger partial charge on any atom is -0.468 e. The van der Waals surface area contributed by atoms with Gasteiger partial charge in [0.25, 0.3) is 0 Å². The minimum absolute atomic E-state index is 0.569. The molecule has 184 valence electrons. The summed E-state index contributed by atoms with van der Waals surface area (Å²) in [5, 5.41) is 0. The highest BCUT2D eigenvalue weighted by molar-refractivity contribution is 6.10. The topological polar surface area (TPSA) is 52.6 Å². The Balaban J connectivity index is 1.87. The molecule has 1 aliphatic rings. The molecule has 0 saturated heterocycles. The first-order chi connectivity index (χ1) is 18.1. The molecule has 0 spiro atoms. The Morgan fingerprint density at radius 3 is 1.30 bits per heavy atom. The van der Waals surface area contributed by atoms with Crippen molar-refractivity contribution >= 4 is 17.5 Å². The second kappa shape index (κ2) is 9.90. The smallest absolute Gasteiger partial charge is 0.325 e. The van der Waals surface area contributed by atoms with Gasteiger partial charge in [0.05, 0.1) is 19.6 Å². The van der Waals surface area contributed by atoms with Crippen LogP contribution in [-0.4, -0.2) is 26.2 Å². The Morgan fingerprint density at radius 1 is 0.595 bits per heavy atom. The summed E-state index contributed by atoms with van der Waals surface area (Å²) in [7, 11) is 2.64. The maximum Gasteiger partial charge on any atom is 0.325 e. The molecule has 1 aliphatic carbocycles. The molecule has 0 aromatic heterocycles. The molecule has 1 fully saturated rings. The van der Waals surface area contributed by atoms with Crippen LogP contribution in [0.25, 0.3) is 5.57 Å². The van der Waals surface area contributed by atoms with E-state index in [9.17, 15) is 9.59 Å². The van der Waals surface area contributed by atoms with E-state index in [1.165, 1.54) is 14.2 Å². The van der Waals surface area contributed by atoms with Crippen LogP contribution in [0.4, 0.5) is 0 Å². The molecule has 4 nitrogen and oxygen atoms in total. The largest absolute Gasteiger partial charge is 0.468 e. The van der Waals surface area contributed by atoms with Crippen LogP contribution in [0.2, 0.25) is 0 Å². The summed E-state index contributed by atoms with van der Waals surface area (Å²) >= 11 is 0. The molecule has 1 unspecified atom stereocenters. The second-order valence-corrected chi connectivity index (χ2v) is 9.12. The summed E-state index contributed by atoms with van der Waals surface area (Å²) in [5.41, 5.74) is 1.96.